The smallest absolute Gasteiger partial charge is 0.161 e. The Kier molecular flexibility index (Phi) is 7.47. The molecule has 154 valence electrons. The molecular weight excluding hydrogens is 370 g/mol. The van der Waals surface area contributed by atoms with E-state index in [4.69, 9.17) is 14.2 Å². The van der Waals surface area contributed by atoms with Gasteiger partial charge in [0.1, 0.15) is 30.8 Å². The molecule has 0 amide bonds. The minimum atomic E-state index is -0.736. The first-order chi connectivity index (χ1) is 14.2. The van der Waals surface area contributed by atoms with Gasteiger partial charge in [0.2, 0.25) is 0 Å². The lowest BCUT2D eigenvalue weighted by Crippen LogP contribution is -2.24. The predicted octanol–water partition coefficient (Wildman–Crippen LogP) is 3.26. The highest BCUT2D eigenvalue weighted by atomic mass is 16.5. The van der Waals surface area contributed by atoms with E-state index >= 15 is 0 Å². The average molecular weight is 397 g/mol. The number of benzene rings is 2. The molecule has 7 nitrogen and oxygen atoms in total. The molecule has 1 heterocycles. The average Bonchev–Trinajstić information content (AvgIpc) is 3.19. The fourth-order valence-corrected chi connectivity index (χ4v) is 2.90. The Morgan fingerprint density at radius 2 is 1.90 bits per heavy atom. The van der Waals surface area contributed by atoms with Crippen LogP contribution in [0.4, 0.5) is 0 Å². The molecule has 0 saturated carbocycles. The van der Waals surface area contributed by atoms with Crippen molar-refractivity contribution in [3.63, 3.8) is 0 Å². The fraction of sp³-hybridized carbons (Fsp3) is 0.364. The van der Waals surface area contributed by atoms with E-state index in [-0.39, 0.29) is 13.2 Å². The summed E-state index contributed by atoms with van der Waals surface area (Å²) in [5, 5.41) is 18.4. The van der Waals surface area contributed by atoms with Crippen LogP contribution in [0.1, 0.15) is 24.6 Å². The summed E-state index contributed by atoms with van der Waals surface area (Å²) < 4.78 is 18.4. The number of aliphatic hydroxyl groups excluding tert-OH is 1. The van der Waals surface area contributed by atoms with Gasteiger partial charge in [-0.15, -0.1) is 5.10 Å². The standard InChI is InChI=1S/C22H27N3O4/c1-3-7-17-10-11-21(22(12-17)27-2)29-16-19(26)14-25-13-18(23-24-25)15-28-20-8-5-4-6-9-20/h4-6,8-13,19,26H,3,7,14-16H2,1-2H3. The molecule has 2 aromatic carbocycles. The van der Waals surface area contributed by atoms with Crippen molar-refractivity contribution >= 4 is 0 Å². The Balaban J connectivity index is 1.48. The molecule has 0 spiro atoms. The second-order valence-corrected chi connectivity index (χ2v) is 6.73. The second kappa shape index (κ2) is 10.5. The molecule has 0 fully saturated rings. The second-order valence-electron chi connectivity index (χ2n) is 6.73. The zero-order chi connectivity index (χ0) is 20.5. The largest absolute Gasteiger partial charge is 0.493 e. The number of methoxy groups -OCH3 is 1. The minimum absolute atomic E-state index is 0.124. The molecule has 29 heavy (non-hydrogen) atoms. The lowest BCUT2D eigenvalue weighted by molar-refractivity contribution is 0.0874. The number of aryl methyl sites for hydroxylation is 1. The highest BCUT2D eigenvalue weighted by Crippen LogP contribution is 2.28. The molecule has 0 bridgehead atoms. The predicted molar refractivity (Wildman–Crippen MR) is 109 cm³/mol. The van der Waals surface area contributed by atoms with E-state index in [9.17, 15) is 5.11 Å². The Hall–Kier alpha value is -3.06. The molecule has 1 atom stereocenters. The summed E-state index contributed by atoms with van der Waals surface area (Å²) in [7, 11) is 1.61. The van der Waals surface area contributed by atoms with Crippen LogP contribution in [0.5, 0.6) is 17.2 Å². The number of nitrogens with zero attached hydrogens (tertiary/aromatic N) is 3. The first-order valence-electron chi connectivity index (χ1n) is 9.72. The maximum Gasteiger partial charge on any atom is 0.161 e. The van der Waals surface area contributed by atoms with E-state index in [0.717, 1.165) is 18.6 Å². The van der Waals surface area contributed by atoms with Crippen LogP contribution in [0.15, 0.2) is 54.7 Å². The van der Waals surface area contributed by atoms with Gasteiger partial charge in [0.05, 0.1) is 19.9 Å². The number of para-hydroxylation sites is 1. The van der Waals surface area contributed by atoms with Crippen molar-refractivity contribution in [2.75, 3.05) is 13.7 Å². The third-order valence-electron chi connectivity index (χ3n) is 4.31. The molecular formula is C22H27N3O4. The molecule has 0 aliphatic heterocycles. The zero-order valence-electron chi connectivity index (χ0n) is 16.8. The first kappa shape index (κ1) is 20.7. The molecule has 0 aliphatic rings. The van der Waals surface area contributed by atoms with Gasteiger partial charge < -0.3 is 19.3 Å². The van der Waals surface area contributed by atoms with E-state index in [1.54, 1.807) is 18.0 Å². The highest BCUT2D eigenvalue weighted by Gasteiger charge is 2.12. The lowest BCUT2D eigenvalue weighted by Gasteiger charge is -2.15. The van der Waals surface area contributed by atoms with Gasteiger partial charge in [-0.05, 0) is 36.2 Å². The van der Waals surface area contributed by atoms with Crippen LogP contribution in [0, 0.1) is 0 Å². The third kappa shape index (κ3) is 6.22. The Bertz CT molecular complexity index is 883. The van der Waals surface area contributed by atoms with Gasteiger partial charge in [-0.1, -0.05) is 42.8 Å². The summed E-state index contributed by atoms with van der Waals surface area (Å²) >= 11 is 0. The van der Waals surface area contributed by atoms with Gasteiger partial charge in [-0.25, -0.2) is 4.68 Å². The molecule has 1 aromatic heterocycles. The Morgan fingerprint density at radius 1 is 1.07 bits per heavy atom. The molecule has 3 rings (SSSR count). The number of aromatic nitrogens is 3. The summed E-state index contributed by atoms with van der Waals surface area (Å²) in [6.07, 6.45) is 3.08. The quantitative estimate of drug-likeness (QED) is 0.535. The van der Waals surface area contributed by atoms with E-state index in [1.807, 2.05) is 48.5 Å². The van der Waals surface area contributed by atoms with Gasteiger partial charge >= 0.3 is 0 Å². The van der Waals surface area contributed by atoms with E-state index < -0.39 is 6.10 Å². The number of rotatable bonds is 11. The van der Waals surface area contributed by atoms with Crippen molar-refractivity contribution in [2.45, 2.75) is 39.0 Å². The summed E-state index contributed by atoms with van der Waals surface area (Å²) in [5.74, 6) is 2.06. The van der Waals surface area contributed by atoms with Crippen molar-refractivity contribution in [1.82, 2.24) is 15.0 Å². The SMILES string of the molecule is CCCc1ccc(OCC(O)Cn2cc(COc3ccccc3)nn2)c(OC)c1. The van der Waals surface area contributed by atoms with Crippen LogP contribution < -0.4 is 14.2 Å². The molecule has 0 radical (unpaired) electrons. The summed E-state index contributed by atoms with van der Waals surface area (Å²) in [4.78, 5) is 0. The van der Waals surface area contributed by atoms with Gasteiger partial charge in [0.15, 0.2) is 11.5 Å². The zero-order valence-corrected chi connectivity index (χ0v) is 16.8. The summed E-state index contributed by atoms with van der Waals surface area (Å²) in [6, 6.07) is 15.4. The summed E-state index contributed by atoms with van der Waals surface area (Å²) in [6.45, 7) is 2.85. The molecule has 3 aromatic rings. The molecule has 1 unspecified atom stereocenters. The molecule has 0 aliphatic carbocycles. The Labute approximate surface area is 170 Å². The van der Waals surface area contributed by atoms with Crippen molar-refractivity contribution in [3.05, 3.63) is 66.0 Å². The fourth-order valence-electron chi connectivity index (χ4n) is 2.90. The van der Waals surface area contributed by atoms with Crippen molar-refractivity contribution < 1.29 is 19.3 Å². The van der Waals surface area contributed by atoms with E-state index in [0.29, 0.717) is 23.8 Å². The number of ether oxygens (including phenoxy) is 3. The number of hydrogen-bond acceptors (Lipinski definition) is 6. The van der Waals surface area contributed by atoms with Crippen LogP contribution >= 0.6 is 0 Å². The van der Waals surface area contributed by atoms with Crippen molar-refractivity contribution in [2.24, 2.45) is 0 Å². The van der Waals surface area contributed by atoms with Crippen LogP contribution in [0.3, 0.4) is 0 Å². The minimum Gasteiger partial charge on any atom is -0.493 e. The van der Waals surface area contributed by atoms with Gasteiger partial charge in [-0.3, -0.25) is 0 Å². The van der Waals surface area contributed by atoms with Crippen LogP contribution in [-0.2, 0) is 19.6 Å². The van der Waals surface area contributed by atoms with E-state index in [2.05, 4.69) is 17.2 Å². The maximum absolute atomic E-state index is 10.3. The number of aliphatic hydroxyl groups is 1. The van der Waals surface area contributed by atoms with Crippen molar-refractivity contribution in [1.29, 1.82) is 0 Å². The third-order valence-corrected chi connectivity index (χ3v) is 4.31. The molecule has 0 saturated heterocycles. The first-order valence-corrected chi connectivity index (χ1v) is 9.72. The Morgan fingerprint density at radius 3 is 2.66 bits per heavy atom. The van der Waals surface area contributed by atoms with Gasteiger partial charge in [0.25, 0.3) is 0 Å². The normalized spacial score (nSPS) is 11.8. The highest BCUT2D eigenvalue weighted by molar-refractivity contribution is 5.43. The van der Waals surface area contributed by atoms with Crippen LogP contribution in [0.25, 0.3) is 0 Å². The summed E-state index contributed by atoms with van der Waals surface area (Å²) in [5.41, 5.74) is 1.89. The number of hydrogen-bond donors (Lipinski definition) is 1. The monoisotopic (exact) mass is 397 g/mol. The van der Waals surface area contributed by atoms with Gasteiger partial charge in [0, 0.05) is 0 Å². The van der Waals surface area contributed by atoms with Crippen LogP contribution in [-0.4, -0.2) is 39.9 Å². The molecule has 7 heteroatoms. The lowest BCUT2D eigenvalue weighted by atomic mass is 10.1. The maximum atomic E-state index is 10.3. The van der Waals surface area contributed by atoms with E-state index in [1.165, 1.54) is 5.56 Å². The van der Waals surface area contributed by atoms with Crippen LogP contribution in [0.2, 0.25) is 0 Å². The van der Waals surface area contributed by atoms with Crippen molar-refractivity contribution in [3.8, 4) is 17.2 Å². The topological polar surface area (TPSA) is 78.6 Å². The molecule has 1 N–H and O–H groups in total. The van der Waals surface area contributed by atoms with Gasteiger partial charge in [-0.2, -0.15) is 0 Å².